The minimum atomic E-state index is -4.55. The van der Waals surface area contributed by atoms with Gasteiger partial charge in [0, 0.05) is 50.1 Å². The maximum Gasteiger partial charge on any atom is 0.433 e. The van der Waals surface area contributed by atoms with Gasteiger partial charge in [-0.2, -0.15) is 23.4 Å². The predicted octanol–water partition coefficient (Wildman–Crippen LogP) is 2.64. The lowest BCUT2D eigenvalue weighted by molar-refractivity contribution is -0.143. The standard InChI is InChI=1S/C18H18F3N7O/c1-27-14(18(19,20)21)9-13(26-27)17(29)28-7-4-11(5-8-28)15-23-16(25-24-15)12-3-2-6-22-10-12/h2-3,6,9-11H,4-5,7-8H2,1H3,(H,23,24,25). The van der Waals surface area contributed by atoms with Crippen LogP contribution >= 0.6 is 0 Å². The fraction of sp³-hybridized carbons (Fsp3) is 0.389. The molecule has 0 spiro atoms. The van der Waals surface area contributed by atoms with Gasteiger partial charge in [-0.1, -0.05) is 0 Å². The average Bonchev–Trinajstić information content (AvgIpc) is 3.35. The lowest BCUT2D eigenvalue weighted by atomic mass is 9.96. The van der Waals surface area contributed by atoms with Crippen molar-refractivity contribution in [2.24, 2.45) is 7.05 Å². The molecular weight excluding hydrogens is 387 g/mol. The van der Waals surface area contributed by atoms with Crippen LogP contribution in [0.4, 0.5) is 13.2 Å². The number of rotatable bonds is 3. The number of pyridine rings is 1. The van der Waals surface area contributed by atoms with Crippen LogP contribution in [-0.4, -0.2) is 53.8 Å². The summed E-state index contributed by atoms with van der Waals surface area (Å²) in [4.78, 5) is 22.7. The summed E-state index contributed by atoms with van der Waals surface area (Å²) >= 11 is 0. The van der Waals surface area contributed by atoms with Crippen LogP contribution in [0.1, 0.15) is 40.8 Å². The van der Waals surface area contributed by atoms with Gasteiger partial charge in [0.1, 0.15) is 11.5 Å². The number of hydrogen-bond acceptors (Lipinski definition) is 5. The molecule has 3 aromatic heterocycles. The Labute approximate surface area is 163 Å². The molecule has 1 aliphatic heterocycles. The third kappa shape index (κ3) is 3.84. The molecular formula is C18H18F3N7O. The summed E-state index contributed by atoms with van der Waals surface area (Å²) < 4.78 is 39.5. The molecule has 0 atom stereocenters. The molecule has 1 amide bonds. The van der Waals surface area contributed by atoms with Crippen molar-refractivity contribution in [3.8, 4) is 11.4 Å². The Kier molecular flexibility index (Phi) is 4.81. The molecule has 0 aliphatic carbocycles. The third-order valence-electron chi connectivity index (χ3n) is 4.98. The summed E-state index contributed by atoms with van der Waals surface area (Å²) in [6.07, 6.45) is 0.0592. The van der Waals surface area contributed by atoms with Crippen LogP contribution in [0.5, 0.6) is 0 Å². The van der Waals surface area contributed by atoms with E-state index in [1.165, 1.54) is 11.9 Å². The Morgan fingerprint density at radius 2 is 2.03 bits per heavy atom. The molecule has 1 aliphatic rings. The van der Waals surface area contributed by atoms with E-state index in [0.717, 1.165) is 17.5 Å². The number of aromatic nitrogens is 6. The first-order valence-corrected chi connectivity index (χ1v) is 9.06. The zero-order valence-corrected chi connectivity index (χ0v) is 15.5. The van der Waals surface area contributed by atoms with Crippen molar-refractivity contribution in [3.05, 3.63) is 47.8 Å². The molecule has 0 radical (unpaired) electrons. The second-order valence-electron chi connectivity index (χ2n) is 6.89. The number of carbonyl (C=O) groups excluding carboxylic acids is 1. The molecule has 3 aromatic rings. The number of likely N-dealkylation sites (tertiary alicyclic amines) is 1. The SMILES string of the molecule is Cn1nc(C(=O)N2CCC(c3nc(-c4cccnc4)n[nH]3)CC2)cc1C(F)(F)F. The number of hydrogen-bond donors (Lipinski definition) is 1. The van der Waals surface area contributed by atoms with E-state index in [9.17, 15) is 18.0 Å². The van der Waals surface area contributed by atoms with Crippen molar-refractivity contribution in [1.29, 1.82) is 0 Å². The van der Waals surface area contributed by atoms with Crippen LogP contribution in [-0.2, 0) is 13.2 Å². The van der Waals surface area contributed by atoms with Gasteiger partial charge >= 0.3 is 6.18 Å². The fourth-order valence-corrected chi connectivity index (χ4v) is 3.44. The van der Waals surface area contributed by atoms with E-state index in [2.05, 4.69) is 25.3 Å². The molecule has 152 valence electrons. The van der Waals surface area contributed by atoms with Crippen molar-refractivity contribution < 1.29 is 18.0 Å². The second kappa shape index (κ2) is 7.30. The highest BCUT2D eigenvalue weighted by Crippen LogP contribution is 2.31. The van der Waals surface area contributed by atoms with Crippen LogP contribution < -0.4 is 0 Å². The van der Waals surface area contributed by atoms with E-state index in [1.807, 2.05) is 6.07 Å². The molecule has 1 N–H and O–H groups in total. The average molecular weight is 405 g/mol. The highest BCUT2D eigenvalue weighted by atomic mass is 19.4. The highest BCUT2D eigenvalue weighted by molar-refractivity contribution is 5.92. The lowest BCUT2D eigenvalue weighted by Gasteiger charge is -2.30. The summed E-state index contributed by atoms with van der Waals surface area (Å²) in [5.74, 6) is 0.877. The summed E-state index contributed by atoms with van der Waals surface area (Å²) in [5.41, 5.74) is -0.338. The number of amides is 1. The van der Waals surface area contributed by atoms with Crippen LogP contribution in [0.25, 0.3) is 11.4 Å². The van der Waals surface area contributed by atoms with E-state index in [4.69, 9.17) is 0 Å². The normalized spacial score (nSPS) is 15.7. The van der Waals surface area contributed by atoms with Gasteiger partial charge < -0.3 is 4.90 Å². The lowest BCUT2D eigenvalue weighted by Crippen LogP contribution is -2.38. The van der Waals surface area contributed by atoms with E-state index in [-0.39, 0.29) is 11.6 Å². The van der Waals surface area contributed by atoms with E-state index in [1.54, 1.807) is 18.5 Å². The van der Waals surface area contributed by atoms with Gasteiger partial charge in [0.05, 0.1) is 0 Å². The molecule has 0 aromatic carbocycles. The minimum Gasteiger partial charge on any atom is -0.337 e. The molecule has 0 saturated carbocycles. The Bertz CT molecular complexity index is 1000. The summed E-state index contributed by atoms with van der Waals surface area (Å²) in [5, 5.41) is 10.9. The Morgan fingerprint density at radius 3 is 2.66 bits per heavy atom. The van der Waals surface area contributed by atoms with Gasteiger partial charge in [-0.05, 0) is 25.0 Å². The number of alkyl halides is 3. The van der Waals surface area contributed by atoms with Crippen LogP contribution in [0, 0.1) is 0 Å². The number of carbonyl (C=O) groups is 1. The smallest absolute Gasteiger partial charge is 0.337 e. The van der Waals surface area contributed by atoms with E-state index < -0.39 is 17.8 Å². The summed E-state index contributed by atoms with van der Waals surface area (Å²) in [7, 11) is 1.18. The first kappa shape index (κ1) is 19.1. The number of aryl methyl sites for hydroxylation is 1. The first-order chi connectivity index (χ1) is 13.8. The maximum absolute atomic E-state index is 12.9. The number of halogens is 3. The largest absolute Gasteiger partial charge is 0.433 e. The fourth-order valence-electron chi connectivity index (χ4n) is 3.44. The molecule has 29 heavy (non-hydrogen) atoms. The molecule has 0 unspecified atom stereocenters. The van der Waals surface area contributed by atoms with Crippen molar-refractivity contribution in [3.63, 3.8) is 0 Å². The van der Waals surface area contributed by atoms with Gasteiger partial charge in [-0.15, -0.1) is 0 Å². The van der Waals surface area contributed by atoms with Crippen molar-refractivity contribution in [2.45, 2.75) is 24.9 Å². The van der Waals surface area contributed by atoms with E-state index >= 15 is 0 Å². The van der Waals surface area contributed by atoms with Gasteiger partial charge in [0.2, 0.25) is 0 Å². The zero-order valence-electron chi connectivity index (χ0n) is 15.5. The Morgan fingerprint density at radius 1 is 1.28 bits per heavy atom. The molecule has 8 nitrogen and oxygen atoms in total. The van der Waals surface area contributed by atoms with Crippen LogP contribution in [0.3, 0.4) is 0 Å². The molecule has 4 rings (SSSR count). The quantitative estimate of drug-likeness (QED) is 0.723. The predicted molar refractivity (Wildman–Crippen MR) is 95.7 cm³/mol. The van der Waals surface area contributed by atoms with Gasteiger partial charge in [-0.3, -0.25) is 19.6 Å². The number of piperidine rings is 1. The van der Waals surface area contributed by atoms with Crippen LogP contribution in [0.2, 0.25) is 0 Å². The molecule has 0 bridgehead atoms. The highest BCUT2D eigenvalue weighted by Gasteiger charge is 2.36. The van der Waals surface area contributed by atoms with Crippen molar-refractivity contribution in [1.82, 2.24) is 34.8 Å². The summed E-state index contributed by atoms with van der Waals surface area (Å²) in [6.45, 7) is 0.814. The number of nitrogens with zero attached hydrogens (tertiary/aromatic N) is 6. The molecule has 4 heterocycles. The Hall–Kier alpha value is -3.24. The topological polar surface area (TPSA) is 92.6 Å². The first-order valence-electron chi connectivity index (χ1n) is 9.06. The van der Waals surface area contributed by atoms with Gasteiger partial charge in [0.25, 0.3) is 5.91 Å². The summed E-state index contributed by atoms with van der Waals surface area (Å²) in [6, 6.07) is 4.46. The number of H-pyrrole nitrogens is 1. The van der Waals surface area contributed by atoms with Crippen LogP contribution in [0.15, 0.2) is 30.6 Å². The zero-order chi connectivity index (χ0) is 20.6. The van der Waals surface area contributed by atoms with E-state index in [0.29, 0.717) is 36.4 Å². The number of nitrogens with one attached hydrogen (secondary N) is 1. The molecule has 1 saturated heterocycles. The van der Waals surface area contributed by atoms with Gasteiger partial charge in [0.15, 0.2) is 11.5 Å². The molecule has 11 heteroatoms. The van der Waals surface area contributed by atoms with Crippen molar-refractivity contribution in [2.75, 3.05) is 13.1 Å². The van der Waals surface area contributed by atoms with Crippen molar-refractivity contribution >= 4 is 5.91 Å². The number of aromatic amines is 1. The monoisotopic (exact) mass is 405 g/mol. The molecule has 1 fully saturated rings. The maximum atomic E-state index is 12.9. The second-order valence-corrected chi connectivity index (χ2v) is 6.89. The third-order valence-corrected chi connectivity index (χ3v) is 4.98. The van der Waals surface area contributed by atoms with Gasteiger partial charge in [-0.25, -0.2) is 4.98 Å². The minimum absolute atomic E-state index is 0.0893. The Balaban J connectivity index is 1.41.